The van der Waals surface area contributed by atoms with Crippen molar-refractivity contribution in [3.05, 3.63) is 15.8 Å². The minimum absolute atomic E-state index is 0.0735. The summed E-state index contributed by atoms with van der Waals surface area (Å²) < 4.78 is 5.42. The molecule has 1 saturated carbocycles. The third-order valence-corrected chi connectivity index (χ3v) is 8.39. The maximum Gasteiger partial charge on any atom is 0.410 e. The van der Waals surface area contributed by atoms with E-state index >= 15 is 0 Å². The van der Waals surface area contributed by atoms with Crippen LogP contribution >= 0.6 is 11.3 Å². The Bertz CT molecular complexity index is 1150. The summed E-state index contributed by atoms with van der Waals surface area (Å²) in [6.07, 6.45) is 2.95. The lowest BCUT2D eigenvalue weighted by molar-refractivity contribution is -0.126. The van der Waals surface area contributed by atoms with E-state index in [4.69, 9.17) is 4.74 Å². The van der Waals surface area contributed by atoms with Crippen molar-refractivity contribution in [2.75, 3.05) is 24.5 Å². The number of hydrogen-bond donors (Lipinski definition) is 2. The van der Waals surface area contributed by atoms with Crippen molar-refractivity contribution in [3.8, 4) is 11.8 Å². The molecule has 3 heterocycles. The Morgan fingerprint density at radius 3 is 2.47 bits per heavy atom. The van der Waals surface area contributed by atoms with Gasteiger partial charge in [-0.3, -0.25) is 9.59 Å². The van der Waals surface area contributed by atoms with Crippen LogP contribution in [-0.4, -0.2) is 65.7 Å². The summed E-state index contributed by atoms with van der Waals surface area (Å²) in [6.45, 7) is 9.16. The smallest absolute Gasteiger partial charge is 0.410 e. The minimum Gasteiger partial charge on any atom is -0.477 e. The Kier molecular flexibility index (Phi) is 8.36. The van der Waals surface area contributed by atoms with Crippen LogP contribution in [0.5, 0.6) is 0 Å². The number of nitrogens with one attached hydrogen (secondary N) is 1. The highest BCUT2D eigenvalue weighted by Crippen LogP contribution is 2.38. The number of carboxylic acid groups (broad SMARTS) is 1. The Hall–Kier alpha value is -3.06. The van der Waals surface area contributed by atoms with Crippen molar-refractivity contribution >= 4 is 40.9 Å². The molecular formula is C28H37N3O6S. The van der Waals surface area contributed by atoms with Crippen LogP contribution in [0, 0.1) is 29.1 Å². The van der Waals surface area contributed by atoms with Crippen molar-refractivity contribution in [2.24, 2.45) is 17.3 Å². The standard InChI is InChI=1S/C28H37N3O6S/c1-17-5-7-18(8-6-17)25(33)31(21-15-20(9-12-28(2,3)4)38-23(21)26(34)35)19-11-14-30(16-19)27(36)37-22-10-13-29-24(22)32/h15,17-19,22H,5-8,10-11,13-14,16H2,1-4H3,(H,29,32)(H,34,35)/t17?,18?,19-,22?/m1/s1. The molecule has 206 valence electrons. The predicted molar refractivity (Wildman–Crippen MR) is 144 cm³/mol. The SMILES string of the molecule is CC1CCC(C(=O)N(c2cc(C#CC(C)(C)C)sc2C(=O)O)[C@@H]2CCN(C(=O)OC3CCNC3=O)C2)CC1. The molecule has 4 rings (SSSR count). The maximum absolute atomic E-state index is 14.0. The number of carbonyl (C=O) groups is 4. The molecule has 0 aromatic carbocycles. The van der Waals surface area contributed by atoms with Crippen molar-refractivity contribution in [1.29, 1.82) is 0 Å². The number of nitrogens with zero attached hydrogens (tertiary/aromatic N) is 2. The van der Waals surface area contributed by atoms with Crippen molar-refractivity contribution < 1.29 is 29.0 Å². The zero-order chi connectivity index (χ0) is 27.6. The molecule has 0 spiro atoms. The molecule has 1 aromatic heterocycles. The highest BCUT2D eigenvalue weighted by Gasteiger charge is 2.41. The molecule has 2 aliphatic heterocycles. The largest absolute Gasteiger partial charge is 0.477 e. The molecule has 38 heavy (non-hydrogen) atoms. The van der Waals surface area contributed by atoms with Gasteiger partial charge in [-0.2, -0.15) is 0 Å². The molecule has 3 aliphatic rings. The summed E-state index contributed by atoms with van der Waals surface area (Å²) in [7, 11) is 0. The van der Waals surface area contributed by atoms with Crippen LogP contribution in [0.3, 0.4) is 0 Å². The minimum atomic E-state index is -1.11. The lowest BCUT2D eigenvalue weighted by Crippen LogP contribution is -2.47. The molecule has 2 N–H and O–H groups in total. The lowest BCUT2D eigenvalue weighted by Gasteiger charge is -2.34. The van der Waals surface area contributed by atoms with Crippen LogP contribution in [0.1, 0.15) is 80.8 Å². The van der Waals surface area contributed by atoms with E-state index in [2.05, 4.69) is 24.1 Å². The topological polar surface area (TPSA) is 116 Å². The first-order valence-corrected chi connectivity index (χ1v) is 14.2. The molecular weight excluding hydrogens is 506 g/mol. The van der Waals surface area contributed by atoms with Crippen LogP contribution in [0.15, 0.2) is 6.07 Å². The van der Waals surface area contributed by atoms with Gasteiger partial charge >= 0.3 is 12.1 Å². The van der Waals surface area contributed by atoms with Crippen LogP contribution in [0.4, 0.5) is 10.5 Å². The molecule has 3 fully saturated rings. The Labute approximate surface area is 227 Å². The average Bonchev–Trinajstić information content (AvgIpc) is 3.59. The molecule has 2 atom stereocenters. The monoisotopic (exact) mass is 543 g/mol. The average molecular weight is 544 g/mol. The van der Waals surface area contributed by atoms with E-state index in [9.17, 15) is 24.3 Å². The second-order valence-electron chi connectivity index (χ2n) is 11.6. The third kappa shape index (κ3) is 6.49. The van der Waals surface area contributed by atoms with Gasteiger partial charge in [-0.05, 0) is 64.9 Å². The zero-order valence-electron chi connectivity index (χ0n) is 22.5. The first kappa shape index (κ1) is 28.0. The van der Waals surface area contributed by atoms with Crippen LogP contribution in [-0.2, 0) is 14.3 Å². The number of carboxylic acids is 1. The molecule has 3 amide bonds. The number of thiophene rings is 1. The van der Waals surface area contributed by atoms with Crippen molar-refractivity contribution in [3.63, 3.8) is 0 Å². The molecule has 0 radical (unpaired) electrons. The van der Waals surface area contributed by atoms with Gasteiger partial charge in [0.2, 0.25) is 5.91 Å². The van der Waals surface area contributed by atoms with E-state index in [0.717, 1.165) is 37.0 Å². The van der Waals surface area contributed by atoms with Crippen molar-refractivity contribution in [2.45, 2.75) is 78.4 Å². The Morgan fingerprint density at radius 2 is 1.87 bits per heavy atom. The molecule has 1 aliphatic carbocycles. The van der Waals surface area contributed by atoms with Crippen LogP contribution in [0.2, 0.25) is 0 Å². The number of hydrogen-bond acceptors (Lipinski definition) is 6. The molecule has 1 unspecified atom stereocenters. The van der Waals surface area contributed by atoms with Gasteiger partial charge in [0.25, 0.3) is 5.91 Å². The van der Waals surface area contributed by atoms with Gasteiger partial charge in [0.1, 0.15) is 4.88 Å². The molecule has 1 aromatic rings. The zero-order valence-corrected chi connectivity index (χ0v) is 23.4. The molecule has 10 heteroatoms. The lowest BCUT2D eigenvalue weighted by atomic mass is 9.82. The highest BCUT2D eigenvalue weighted by atomic mass is 32.1. The summed E-state index contributed by atoms with van der Waals surface area (Å²) in [6, 6.07) is 1.31. The second-order valence-corrected chi connectivity index (χ2v) is 12.7. The first-order chi connectivity index (χ1) is 17.9. The quantitative estimate of drug-likeness (QED) is 0.540. The van der Waals surface area contributed by atoms with Gasteiger partial charge in [-0.1, -0.05) is 18.8 Å². The summed E-state index contributed by atoms with van der Waals surface area (Å²) in [5.74, 6) is 5.10. The summed E-state index contributed by atoms with van der Waals surface area (Å²) >= 11 is 1.07. The van der Waals surface area contributed by atoms with Crippen molar-refractivity contribution in [1.82, 2.24) is 10.2 Å². The van der Waals surface area contributed by atoms with Crippen LogP contribution < -0.4 is 10.2 Å². The number of anilines is 1. The number of carbonyl (C=O) groups excluding carboxylic acids is 3. The number of ether oxygens (including phenoxy) is 1. The maximum atomic E-state index is 14.0. The normalized spacial score (nSPS) is 25.4. The fraction of sp³-hybridized carbons (Fsp3) is 0.643. The number of amides is 3. The second kappa shape index (κ2) is 11.4. The molecule has 0 bridgehead atoms. The molecule has 2 saturated heterocycles. The fourth-order valence-corrected chi connectivity index (χ4v) is 6.06. The van der Waals surface area contributed by atoms with Gasteiger partial charge < -0.3 is 25.0 Å². The molecule has 9 nitrogen and oxygen atoms in total. The summed E-state index contributed by atoms with van der Waals surface area (Å²) in [5.41, 5.74) is 0.0874. The van der Waals surface area contributed by atoms with Crippen LogP contribution in [0.25, 0.3) is 0 Å². The Morgan fingerprint density at radius 1 is 1.16 bits per heavy atom. The van der Waals surface area contributed by atoms with E-state index in [0.29, 0.717) is 42.4 Å². The fourth-order valence-electron chi connectivity index (χ4n) is 5.22. The van der Waals surface area contributed by atoms with E-state index < -0.39 is 24.2 Å². The van der Waals surface area contributed by atoms with Gasteiger partial charge in [-0.15, -0.1) is 11.3 Å². The number of aromatic carboxylic acids is 1. The van der Waals surface area contributed by atoms with E-state index in [-0.39, 0.29) is 34.6 Å². The van der Waals surface area contributed by atoms with E-state index in [1.54, 1.807) is 11.0 Å². The first-order valence-electron chi connectivity index (χ1n) is 13.4. The number of rotatable bonds is 5. The number of likely N-dealkylation sites (tertiary alicyclic amines) is 1. The summed E-state index contributed by atoms with van der Waals surface area (Å²) in [5, 5.41) is 12.7. The predicted octanol–water partition coefficient (Wildman–Crippen LogP) is 4.10. The van der Waals surface area contributed by atoms with Gasteiger partial charge in [0.15, 0.2) is 6.10 Å². The van der Waals surface area contributed by atoms with E-state index in [1.165, 1.54) is 4.90 Å². The van der Waals surface area contributed by atoms with Gasteiger partial charge in [0.05, 0.1) is 16.6 Å². The van der Waals surface area contributed by atoms with E-state index in [1.807, 2.05) is 20.8 Å². The van der Waals surface area contributed by atoms with Gasteiger partial charge in [-0.25, -0.2) is 9.59 Å². The highest BCUT2D eigenvalue weighted by molar-refractivity contribution is 7.15. The third-order valence-electron chi connectivity index (χ3n) is 7.36. The summed E-state index contributed by atoms with van der Waals surface area (Å²) in [4.78, 5) is 54.8. The van der Waals surface area contributed by atoms with Gasteiger partial charge in [0, 0.05) is 37.4 Å². The Balaban J connectivity index is 1.62.